The Hall–Kier alpha value is -2.12. The molecule has 2 saturated heterocycles. The average Bonchev–Trinajstić information content (AvgIpc) is 3.36. The Morgan fingerprint density at radius 3 is 2.61 bits per heavy atom. The number of ether oxygens (including phenoxy) is 1. The molecular formula is C21H28N4O2S. The van der Waals surface area contributed by atoms with Gasteiger partial charge in [-0.2, -0.15) is 0 Å². The molecule has 2 aliphatic rings. The van der Waals surface area contributed by atoms with Crippen LogP contribution < -0.4 is 4.74 Å². The van der Waals surface area contributed by atoms with Crippen molar-refractivity contribution in [3.8, 4) is 5.75 Å². The molecule has 2 amide bonds. The summed E-state index contributed by atoms with van der Waals surface area (Å²) in [5, 5.41) is 0. The summed E-state index contributed by atoms with van der Waals surface area (Å²) in [4.78, 5) is 24.9. The molecule has 6 nitrogen and oxygen atoms in total. The van der Waals surface area contributed by atoms with Crippen molar-refractivity contribution in [2.75, 3.05) is 40.8 Å². The number of hydrogen-bond acceptors (Lipinski definition) is 5. The van der Waals surface area contributed by atoms with E-state index in [1.807, 2.05) is 31.7 Å². The quantitative estimate of drug-likeness (QED) is 0.791. The van der Waals surface area contributed by atoms with Crippen LogP contribution in [0.15, 0.2) is 29.8 Å². The molecule has 0 saturated carbocycles. The van der Waals surface area contributed by atoms with Gasteiger partial charge in [-0.05, 0) is 30.5 Å². The van der Waals surface area contributed by atoms with Gasteiger partial charge in [0.2, 0.25) is 0 Å². The van der Waals surface area contributed by atoms with E-state index in [1.54, 1.807) is 23.3 Å². The molecule has 3 heterocycles. The summed E-state index contributed by atoms with van der Waals surface area (Å²) < 4.78 is 5.32. The van der Waals surface area contributed by atoms with Crippen LogP contribution in [0.1, 0.15) is 22.2 Å². The third-order valence-corrected chi connectivity index (χ3v) is 6.96. The molecule has 150 valence electrons. The SMILES string of the molecule is COc1ccc([C@H]2[C@@H]3CN(Cc4scnc4C)C[C@@H]3CN2C(=O)N(C)C)cc1. The van der Waals surface area contributed by atoms with Crippen molar-refractivity contribution in [3.63, 3.8) is 0 Å². The molecule has 3 atom stereocenters. The van der Waals surface area contributed by atoms with E-state index in [1.165, 1.54) is 10.4 Å². The van der Waals surface area contributed by atoms with Gasteiger partial charge in [0, 0.05) is 51.1 Å². The zero-order valence-corrected chi connectivity index (χ0v) is 17.8. The van der Waals surface area contributed by atoms with Crippen LogP contribution in [0.4, 0.5) is 4.79 Å². The van der Waals surface area contributed by atoms with Crippen molar-refractivity contribution in [2.45, 2.75) is 19.5 Å². The molecule has 1 aromatic heterocycles. The zero-order chi connectivity index (χ0) is 19.8. The second kappa shape index (κ2) is 7.72. The molecule has 0 unspecified atom stereocenters. The second-order valence-corrected chi connectivity index (χ2v) is 8.97. The lowest BCUT2D eigenvalue weighted by Crippen LogP contribution is -2.41. The van der Waals surface area contributed by atoms with E-state index >= 15 is 0 Å². The largest absolute Gasteiger partial charge is 0.497 e. The van der Waals surface area contributed by atoms with E-state index in [4.69, 9.17) is 4.74 Å². The Kier molecular flexibility index (Phi) is 5.29. The lowest BCUT2D eigenvalue weighted by atomic mass is 9.89. The van der Waals surface area contributed by atoms with Crippen molar-refractivity contribution in [1.29, 1.82) is 0 Å². The van der Waals surface area contributed by atoms with Gasteiger partial charge >= 0.3 is 6.03 Å². The third kappa shape index (κ3) is 3.49. The van der Waals surface area contributed by atoms with Crippen LogP contribution in [-0.4, -0.2) is 66.6 Å². The number of thiazole rings is 1. The van der Waals surface area contributed by atoms with Gasteiger partial charge in [-0.3, -0.25) is 4.90 Å². The van der Waals surface area contributed by atoms with Gasteiger partial charge in [0.05, 0.1) is 24.4 Å². The number of urea groups is 1. The lowest BCUT2D eigenvalue weighted by Gasteiger charge is -2.32. The number of carbonyl (C=O) groups excluding carboxylic acids is 1. The van der Waals surface area contributed by atoms with Crippen LogP contribution in [0, 0.1) is 18.8 Å². The monoisotopic (exact) mass is 400 g/mol. The minimum atomic E-state index is 0.0973. The fourth-order valence-electron chi connectivity index (χ4n) is 4.63. The maximum atomic E-state index is 12.9. The molecule has 4 rings (SSSR count). The smallest absolute Gasteiger partial charge is 0.320 e. The van der Waals surface area contributed by atoms with Gasteiger partial charge in [0.15, 0.2) is 0 Å². The zero-order valence-electron chi connectivity index (χ0n) is 17.0. The summed E-state index contributed by atoms with van der Waals surface area (Å²) in [7, 11) is 5.35. The summed E-state index contributed by atoms with van der Waals surface area (Å²) in [5.41, 5.74) is 4.26. The molecule has 0 aliphatic carbocycles. The van der Waals surface area contributed by atoms with Gasteiger partial charge in [-0.15, -0.1) is 11.3 Å². The number of aromatic nitrogens is 1. The summed E-state index contributed by atoms with van der Waals surface area (Å²) in [5.74, 6) is 1.80. The van der Waals surface area contributed by atoms with E-state index in [9.17, 15) is 4.79 Å². The summed E-state index contributed by atoms with van der Waals surface area (Å²) in [6.07, 6.45) is 0. The van der Waals surface area contributed by atoms with Crippen molar-refractivity contribution < 1.29 is 9.53 Å². The number of aryl methyl sites for hydroxylation is 1. The first-order valence-corrected chi connectivity index (χ1v) is 10.6. The third-order valence-electron chi connectivity index (χ3n) is 6.04. The number of carbonyl (C=O) groups is 1. The first kappa shape index (κ1) is 19.2. The van der Waals surface area contributed by atoms with E-state index in [0.717, 1.165) is 37.6 Å². The number of hydrogen-bond donors (Lipinski definition) is 0. The Labute approximate surface area is 170 Å². The normalized spacial score (nSPS) is 24.4. The molecule has 0 N–H and O–H groups in total. The summed E-state index contributed by atoms with van der Waals surface area (Å²) in [6, 6.07) is 8.41. The van der Waals surface area contributed by atoms with Crippen LogP contribution >= 0.6 is 11.3 Å². The predicted octanol–water partition coefficient (Wildman–Crippen LogP) is 3.25. The van der Waals surface area contributed by atoms with Crippen molar-refractivity contribution in [1.82, 2.24) is 19.7 Å². The molecule has 0 spiro atoms. The molecular weight excluding hydrogens is 372 g/mol. The van der Waals surface area contributed by atoms with Crippen LogP contribution in [0.2, 0.25) is 0 Å². The van der Waals surface area contributed by atoms with Crippen molar-refractivity contribution >= 4 is 17.4 Å². The van der Waals surface area contributed by atoms with Crippen LogP contribution in [0.3, 0.4) is 0 Å². The van der Waals surface area contributed by atoms with Crippen LogP contribution in [0.5, 0.6) is 5.75 Å². The van der Waals surface area contributed by atoms with E-state index < -0.39 is 0 Å². The van der Waals surface area contributed by atoms with Crippen molar-refractivity contribution in [2.24, 2.45) is 11.8 Å². The Morgan fingerprint density at radius 2 is 2.00 bits per heavy atom. The lowest BCUT2D eigenvalue weighted by molar-refractivity contribution is 0.152. The fourth-order valence-corrected chi connectivity index (χ4v) is 5.45. The molecule has 7 heteroatoms. The van der Waals surface area contributed by atoms with Gasteiger partial charge in [0.1, 0.15) is 5.75 Å². The molecule has 2 fully saturated rings. The minimum absolute atomic E-state index is 0.0973. The number of likely N-dealkylation sites (tertiary alicyclic amines) is 2. The number of benzene rings is 1. The minimum Gasteiger partial charge on any atom is -0.497 e. The Balaban J connectivity index is 1.57. The highest BCUT2D eigenvalue weighted by molar-refractivity contribution is 7.09. The van der Waals surface area contributed by atoms with Crippen LogP contribution in [0.25, 0.3) is 0 Å². The highest BCUT2D eigenvalue weighted by Gasteiger charge is 2.49. The second-order valence-electron chi connectivity index (χ2n) is 8.03. The summed E-state index contributed by atoms with van der Waals surface area (Å²) in [6.45, 7) is 5.90. The van der Waals surface area contributed by atoms with Crippen molar-refractivity contribution in [3.05, 3.63) is 45.9 Å². The van der Waals surface area contributed by atoms with Gasteiger partial charge < -0.3 is 14.5 Å². The fraction of sp³-hybridized carbons (Fsp3) is 0.524. The van der Waals surface area contributed by atoms with Crippen LogP contribution in [-0.2, 0) is 6.54 Å². The molecule has 0 radical (unpaired) electrons. The van der Waals surface area contributed by atoms with E-state index in [0.29, 0.717) is 11.8 Å². The first-order valence-electron chi connectivity index (χ1n) is 9.71. The van der Waals surface area contributed by atoms with Gasteiger partial charge in [0.25, 0.3) is 0 Å². The average molecular weight is 401 g/mol. The van der Waals surface area contributed by atoms with Gasteiger partial charge in [-0.25, -0.2) is 9.78 Å². The van der Waals surface area contributed by atoms with E-state index in [2.05, 4.69) is 33.8 Å². The maximum absolute atomic E-state index is 12.9. The number of methoxy groups -OCH3 is 1. The number of amides is 2. The highest BCUT2D eigenvalue weighted by atomic mass is 32.1. The standard InChI is InChI=1S/C21H28N4O2S/c1-14-19(28-13-22-14)12-24-9-16-10-25(21(26)23(2)3)20(18(16)11-24)15-5-7-17(27-4)8-6-15/h5-8,13,16,18,20H,9-12H2,1-4H3/t16-,18-,20+/m1/s1. The molecule has 28 heavy (non-hydrogen) atoms. The first-order chi connectivity index (χ1) is 13.5. The van der Waals surface area contributed by atoms with E-state index in [-0.39, 0.29) is 12.1 Å². The maximum Gasteiger partial charge on any atom is 0.320 e. The number of fused-ring (bicyclic) bond motifs is 1. The topological polar surface area (TPSA) is 48.9 Å². The summed E-state index contributed by atoms with van der Waals surface area (Å²) >= 11 is 1.74. The molecule has 2 aromatic rings. The molecule has 2 aliphatic heterocycles. The number of nitrogens with zero attached hydrogens (tertiary/aromatic N) is 4. The highest BCUT2D eigenvalue weighted by Crippen LogP contribution is 2.46. The Bertz CT molecular complexity index is 835. The Morgan fingerprint density at radius 1 is 1.25 bits per heavy atom. The molecule has 1 aromatic carbocycles. The van der Waals surface area contributed by atoms with Gasteiger partial charge in [-0.1, -0.05) is 12.1 Å². The number of rotatable bonds is 4. The predicted molar refractivity (Wildman–Crippen MR) is 111 cm³/mol. The molecule has 0 bridgehead atoms.